The van der Waals surface area contributed by atoms with E-state index in [1.807, 2.05) is 25.2 Å². The van der Waals surface area contributed by atoms with Gasteiger partial charge in [-0.3, -0.25) is 0 Å². The minimum atomic E-state index is 0.0511. The molecule has 3 aromatic rings. The lowest BCUT2D eigenvalue weighted by Crippen LogP contribution is -2.15. The third kappa shape index (κ3) is 3.29. The zero-order chi connectivity index (χ0) is 20.6. The van der Waals surface area contributed by atoms with Crippen LogP contribution in [0.3, 0.4) is 0 Å². The first-order chi connectivity index (χ1) is 14.0. The predicted molar refractivity (Wildman–Crippen MR) is 127 cm³/mol. The molecule has 0 spiro atoms. The minimum Gasteiger partial charge on any atom is -0.0984 e. The summed E-state index contributed by atoms with van der Waals surface area (Å²) in [5.41, 5.74) is 11.8. The molecule has 0 bridgehead atoms. The molecule has 1 aliphatic rings. The van der Waals surface area contributed by atoms with E-state index in [9.17, 15) is 0 Å². The summed E-state index contributed by atoms with van der Waals surface area (Å²) >= 11 is 0. The monoisotopic (exact) mass is 376 g/mol. The topological polar surface area (TPSA) is 0 Å². The Morgan fingerprint density at radius 3 is 2.24 bits per heavy atom. The molecular weight excluding hydrogens is 348 g/mol. The van der Waals surface area contributed by atoms with E-state index in [-0.39, 0.29) is 5.41 Å². The van der Waals surface area contributed by atoms with Gasteiger partial charge >= 0.3 is 0 Å². The molecule has 1 aliphatic carbocycles. The Balaban J connectivity index is 1.75. The SMILES string of the molecule is C=C/C(=C\C=C/C)c1ccc(-c2ccc3c(c2)-c2ccc(C)cc2C3(C)C)cc1. The molecule has 0 atom stereocenters. The van der Waals surface area contributed by atoms with Gasteiger partial charge in [-0.15, -0.1) is 0 Å². The van der Waals surface area contributed by atoms with Gasteiger partial charge in [0.2, 0.25) is 0 Å². The van der Waals surface area contributed by atoms with Crippen LogP contribution in [-0.4, -0.2) is 0 Å². The number of rotatable bonds is 4. The highest BCUT2D eigenvalue weighted by Crippen LogP contribution is 2.49. The zero-order valence-corrected chi connectivity index (χ0v) is 17.8. The van der Waals surface area contributed by atoms with Crippen molar-refractivity contribution in [1.29, 1.82) is 0 Å². The highest BCUT2D eigenvalue weighted by Gasteiger charge is 2.35. The van der Waals surface area contributed by atoms with Gasteiger partial charge in [0, 0.05) is 5.41 Å². The summed E-state index contributed by atoms with van der Waals surface area (Å²) in [4.78, 5) is 0. The van der Waals surface area contributed by atoms with Crippen molar-refractivity contribution in [3.05, 3.63) is 114 Å². The van der Waals surface area contributed by atoms with Crippen molar-refractivity contribution in [2.24, 2.45) is 0 Å². The molecule has 29 heavy (non-hydrogen) atoms. The molecule has 0 heterocycles. The van der Waals surface area contributed by atoms with Gasteiger partial charge in [0.15, 0.2) is 0 Å². The quantitative estimate of drug-likeness (QED) is 0.403. The Morgan fingerprint density at radius 1 is 0.828 bits per heavy atom. The fourth-order valence-corrected chi connectivity index (χ4v) is 4.38. The van der Waals surface area contributed by atoms with E-state index >= 15 is 0 Å². The van der Waals surface area contributed by atoms with Crippen LogP contribution < -0.4 is 0 Å². The van der Waals surface area contributed by atoms with Gasteiger partial charge in [0.05, 0.1) is 0 Å². The third-order valence-corrected chi connectivity index (χ3v) is 6.07. The van der Waals surface area contributed by atoms with Crippen LogP contribution in [0, 0.1) is 6.92 Å². The predicted octanol–water partition coefficient (Wildman–Crippen LogP) is 8.11. The van der Waals surface area contributed by atoms with Crippen LogP contribution in [0.4, 0.5) is 0 Å². The van der Waals surface area contributed by atoms with Gasteiger partial charge < -0.3 is 0 Å². The lowest BCUT2D eigenvalue weighted by Gasteiger charge is -2.21. The Bertz CT molecular complexity index is 1140. The average Bonchev–Trinajstić information content (AvgIpc) is 2.95. The van der Waals surface area contributed by atoms with Crippen molar-refractivity contribution in [2.45, 2.75) is 33.1 Å². The van der Waals surface area contributed by atoms with E-state index in [1.165, 1.54) is 44.5 Å². The first-order valence-electron chi connectivity index (χ1n) is 10.3. The molecule has 0 radical (unpaired) electrons. The molecule has 0 aliphatic heterocycles. The summed E-state index contributed by atoms with van der Waals surface area (Å²) in [7, 11) is 0. The van der Waals surface area contributed by atoms with Crippen LogP contribution in [0.15, 0.2) is 91.5 Å². The Hall–Kier alpha value is -3.12. The summed E-state index contributed by atoms with van der Waals surface area (Å²) < 4.78 is 0. The average molecular weight is 377 g/mol. The second-order valence-corrected chi connectivity index (χ2v) is 8.36. The number of benzene rings is 3. The Kier molecular flexibility index (Phi) is 4.88. The molecule has 4 rings (SSSR count). The summed E-state index contributed by atoms with van der Waals surface area (Å²) in [5.74, 6) is 0. The lowest BCUT2D eigenvalue weighted by molar-refractivity contribution is 0.660. The van der Waals surface area contributed by atoms with E-state index in [1.54, 1.807) is 0 Å². The van der Waals surface area contributed by atoms with Crippen LogP contribution in [-0.2, 0) is 5.41 Å². The van der Waals surface area contributed by atoms with E-state index in [0.29, 0.717) is 0 Å². The standard InChI is InChI=1S/C29H28/c1-6-8-9-21(7-2)22-11-13-23(14-12-22)24-15-17-27-26(19-24)25-16-10-20(3)18-28(25)29(27,4)5/h6-19H,2H2,1,3-5H3/b8-6-,21-9+. The zero-order valence-electron chi connectivity index (χ0n) is 17.8. The highest BCUT2D eigenvalue weighted by molar-refractivity contribution is 5.85. The molecular formula is C29H28. The molecule has 0 nitrogen and oxygen atoms in total. The molecule has 0 amide bonds. The number of hydrogen-bond donors (Lipinski definition) is 0. The van der Waals surface area contributed by atoms with Crippen LogP contribution >= 0.6 is 0 Å². The van der Waals surface area contributed by atoms with Crippen molar-refractivity contribution in [3.63, 3.8) is 0 Å². The number of fused-ring (bicyclic) bond motifs is 3. The number of hydrogen-bond acceptors (Lipinski definition) is 0. The molecule has 0 aromatic heterocycles. The van der Waals surface area contributed by atoms with Crippen molar-refractivity contribution in [2.75, 3.05) is 0 Å². The van der Waals surface area contributed by atoms with Crippen LogP contribution in [0.5, 0.6) is 0 Å². The highest BCUT2D eigenvalue weighted by atomic mass is 14.4. The Morgan fingerprint density at radius 2 is 1.55 bits per heavy atom. The van der Waals surface area contributed by atoms with E-state index in [2.05, 4.69) is 94.1 Å². The first-order valence-corrected chi connectivity index (χ1v) is 10.3. The van der Waals surface area contributed by atoms with Crippen LogP contribution in [0.25, 0.3) is 27.8 Å². The maximum Gasteiger partial charge on any atom is 0.0158 e. The van der Waals surface area contributed by atoms with E-state index in [0.717, 1.165) is 5.57 Å². The minimum absolute atomic E-state index is 0.0511. The maximum absolute atomic E-state index is 3.95. The van der Waals surface area contributed by atoms with Crippen molar-refractivity contribution in [3.8, 4) is 22.3 Å². The van der Waals surface area contributed by atoms with Gasteiger partial charge in [-0.25, -0.2) is 0 Å². The maximum atomic E-state index is 3.95. The second kappa shape index (κ2) is 7.37. The fraction of sp³-hybridized carbons (Fsp3) is 0.172. The normalized spacial score (nSPS) is 14.7. The van der Waals surface area contributed by atoms with Crippen molar-refractivity contribution in [1.82, 2.24) is 0 Å². The number of aryl methyl sites for hydroxylation is 1. The first kappa shape index (κ1) is 19.2. The van der Waals surface area contributed by atoms with Gasteiger partial charge in [-0.05, 0) is 64.4 Å². The van der Waals surface area contributed by atoms with Gasteiger partial charge in [0.1, 0.15) is 0 Å². The van der Waals surface area contributed by atoms with Crippen molar-refractivity contribution < 1.29 is 0 Å². The molecule has 0 N–H and O–H groups in total. The molecule has 0 heteroatoms. The van der Waals surface area contributed by atoms with Gasteiger partial charge in [-0.1, -0.05) is 105 Å². The molecule has 3 aromatic carbocycles. The molecule has 0 unspecified atom stereocenters. The summed E-state index contributed by atoms with van der Waals surface area (Å²) in [6.07, 6.45) is 8.08. The lowest BCUT2D eigenvalue weighted by atomic mass is 9.82. The molecule has 144 valence electrons. The van der Waals surface area contributed by atoms with Gasteiger partial charge in [0.25, 0.3) is 0 Å². The smallest absolute Gasteiger partial charge is 0.0158 e. The third-order valence-electron chi connectivity index (χ3n) is 6.07. The summed E-state index contributed by atoms with van der Waals surface area (Å²) in [5, 5.41) is 0. The summed E-state index contributed by atoms with van der Waals surface area (Å²) in [6.45, 7) is 12.8. The number of allylic oxidation sites excluding steroid dienone is 5. The van der Waals surface area contributed by atoms with Crippen LogP contribution in [0.1, 0.15) is 43.0 Å². The van der Waals surface area contributed by atoms with Crippen LogP contribution in [0.2, 0.25) is 0 Å². The molecule has 0 fully saturated rings. The Labute approximate surface area is 174 Å². The second-order valence-electron chi connectivity index (χ2n) is 8.36. The molecule has 0 saturated heterocycles. The largest absolute Gasteiger partial charge is 0.0984 e. The van der Waals surface area contributed by atoms with E-state index in [4.69, 9.17) is 0 Å². The van der Waals surface area contributed by atoms with E-state index < -0.39 is 0 Å². The summed E-state index contributed by atoms with van der Waals surface area (Å²) in [6, 6.07) is 22.6. The van der Waals surface area contributed by atoms with Gasteiger partial charge in [-0.2, -0.15) is 0 Å². The van der Waals surface area contributed by atoms with Crippen molar-refractivity contribution >= 4 is 5.57 Å². The fourth-order valence-electron chi connectivity index (χ4n) is 4.38. The molecule has 0 saturated carbocycles.